The average molecular weight is 180 g/mol. The van der Waals surface area contributed by atoms with Crippen LogP contribution in [0.3, 0.4) is 0 Å². The van der Waals surface area contributed by atoms with Gasteiger partial charge in [-0.25, -0.2) is 0 Å². The Kier molecular flexibility index (Phi) is 2.40. The molecule has 4 nitrogen and oxygen atoms in total. The number of carbonyl (C=O) groups is 1. The molecule has 0 saturated carbocycles. The molecule has 0 aromatic rings. The van der Waals surface area contributed by atoms with Crippen LogP contribution in [0.4, 0.5) is 0 Å². The van der Waals surface area contributed by atoms with Crippen molar-refractivity contribution < 1.29 is 9.53 Å². The highest BCUT2D eigenvalue weighted by Crippen LogP contribution is 2.12. The van der Waals surface area contributed by atoms with Crippen molar-refractivity contribution in [1.82, 2.24) is 4.90 Å². The molecule has 2 aliphatic heterocycles. The number of hydrogen-bond donors (Lipinski definition) is 0. The van der Waals surface area contributed by atoms with Crippen LogP contribution in [0, 0.1) is 0 Å². The maximum absolute atomic E-state index is 11.5. The zero-order valence-electron chi connectivity index (χ0n) is 7.40. The summed E-state index contributed by atoms with van der Waals surface area (Å²) >= 11 is 0. The normalized spacial score (nSPS) is 23.2. The molecule has 0 amide bonds. The molecule has 2 aliphatic rings. The van der Waals surface area contributed by atoms with Crippen molar-refractivity contribution >= 4 is 12.0 Å². The third-order valence-corrected chi connectivity index (χ3v) is 2.22. The number of rotatable bonds is 1. The highest BCUT2D eigenvalue weighted by atomic mass is 16.5. The van der Waals surface area contributed by atoms with Gasteiger partial charge in [0.05, 0.1) is 25.1 Å². The van der Waals surface area contributed by atoms with E-state index in [1.54, 1.807) is 12.4 Å². The SMILES string of the molecule is O=C1CC=NC=C1N1CCOCC1. The standard InChI is InChI=1S/C9H12N2O2/c12-9-1-2-10-7-8(9)11-3-5-13-6-4-11/h2,7H,1,3-6H2. The average Bonchev–Trinajstić information content (AvgIpc) is 2.20. The lowest BCUT2D eigenvalue weighted by molar-refractivity contribution is -0.116. The fourth-order valence-electron chi connectivity index (χ4n) is 1.50. The van der Waals surface area contributed by atoms with Crippen LogP contribution in [-0.2, 0) is 9.53 Å². The number of nitrogens with zero attached hydrogens (tertiary/aromatic N) is 2. The molecule has 0 radical (unpaired) electrons. The summed E-state index contributed by atoms with van der Waals surface area (Å²) in [6.07, 6.45) is 3.73. The van der Waals surface area contributed by atoms with Gasteiger partial charge in [-0.15, -0.1) is 0 Å². The van der Waals surface area contributed by atoms with Gasteiger partial charge in [-0.3, -0.25) is 9.79 Å². The molecule has 0 aromatic carbocycles. The molecule has 1 saturated heterocycles. The fraction of sp³-hybridized carbons (Fsp3) is 0.556. The van der Waals surface area contributed by atoms with E-state index in [4.69, 9.17) is 4.74 Å². The quantitative estimate of drug-likeness (QED) is 0.579. The van der Waals surface area contributed by atoms with E-state index in [0.29, 0.717) is 19.6 Å². The van der Waals surface area contributed by atoms with E-state index < -0.39 is 0 Å². The summed E-state index contributed by atoms with van der Waals surface area (Å²) < 4.78 is 5.21. The monoisotopic (exact) mass is 180 g/mol. The summed E-state index contributed by atoms with van der Waals surface area (Å²) in [6.45, 7) is 3.00. The zero-order chi connectivity index (χ0) is 9.10. The summed E-state index contributed by atoms with van der Waals surface area (Å²) in [4.78, 5) is 17.5. The van der Waals surface area contributed by atoms with Crippen LogP contribution in [0.15, 0.2) is 16.9 Å². The Morgan fingerprint density at radius 2 is 2.15 bits per heavy atom. The fourth-order valence-corrected chi connectivity index (χ4v) is 1.50. The van der Waals surface area contributed by atoms with Crippen molar-refractivity contribution in [2.24, 2.45) is 4.99 Å². The minimum Gasteiger partial charge on any atom is -0.378 e. The van der Waals surface area contributed by atoms with Gasteiger partial charge in [-0.1, -0.05) is 0 Å². The maximum atomic E-state index is 11.5. The minimum absolute atomic E-state index is 0.164. The predicted octanol–water partition coefficient (Wildman–Crippen LogP) is 0.204. The van der Waals surface area contributed by atoms with Gasteiger partial charge in [0.2, 0.25) is 0 Å². The number of allylic oxidation sites excluding steroid dienone is 1. The first kappa shape index (κ1) is 8.44. The van der Waals surface area contributed by atoms with E-state index in [0.717, 1.165) is 18.8 Å². The number of ketones is 1. The molecule has 70 valence electrons. The summed E-state index contributed by atoms with van der Waals surface area (Å²) in [5.74, 6) is 0.164. The molecular formula is C9H12N2O2. The topological polar surface area (TPSA) is 41.9 Å². The van der Waals surface area contributed by atoms with Gasteiger partial charge >= 0.3 is 0 Å². The molecule has 1 fully saturated rings. The Bertz CT molecular complexity index is 265. The van der Waals surface area contributed by atoms with Crippen LogP contribution in [0.25, 0.3) is 0 Å². The molecular weight excluding hydrogens is 168 g/mol. The molecule has 0 unspecified atom stereocenters. The molecule has 0 spiro atoms. The van der Waals surface area contributed by atoms with Crippen LogP contribution in [0.1, 0.15) is 6.42 Å². The lowest BCUT2D eigenvalue weighted by Gasteiger charge is -2.30. The summed E-state index contributed by atoms with van der Waals surface area (Å²) in [7, 11) is 0. The van der Waals surface area contributed by atoms with Crippen molar-refractivity contribution in [3.05, 3.63) is 11.9 Å². The Hall–Kier alpha value is -1.16. The molecule has 2 heterocycles. The van der Waals surface area contributed by atoms with Crippen LogP contribution in [-0.4, -0.2) is 43.2 Å². The van der Waals surface area contributed by atoms with Gasteiger partial charge in [0.15, 0.2) is 5.78 Å². The molecule has 0 aliphatic carbocycles. The van der Waals surface area contributed by atoms with Gasteiger partial charge in [0, 0.05) is 25.7 Å². The molecule has 4 heteroatoms. The molecule has 0 atom stereocenters. The number of aliphatic imine (C=N–C) groups is 1. The van der Waals surface area contributed by atoms with Crippen LogP contribution < -0.4 is 0 Å². The zero-order valence-corrected chi connectivity index (χ0v) is 7.40. The van der Waals surface area contributed by atoms with Crippen molar-refractivity contribution in [3.8, 4) is 0 Å². The van der Waals surface area contributed by atoms with Crippen molar-refractivity contribution in [2.75, 3.05) is 26.3 Å². The van der Waals surface area contributed by atoms with Gasteiger partial charge in [0.1, 0.15) is 0 Å². The van der Waals surface area contributed by atoms with Crippen LogP contribution in [0.2, 0.25) is 0 Å². The van der Waals surface area contributed by atoms with Crippen molar-refractivity contribution in [1.29, 1.82) is 0 Å². The van der Waals surface area contributed by atoms with Gasteiger partial charge in [0.25, 0.3) is 0 Å². The first-order valence-electron chi connectivity index (χ1n) is 4.45. The minimum atomic E-state index is 0.164. The Morgan fingerprint density at radius 1 is 1.38 bits per heavy atom. The van der Waals surface area contributed by atoms with Crippen LogP contribution in [0.5, 0.6) is 0 Å². The summed E-state index contributed by atoms with van der Waals surface area (Å²) in [5, 5.41) is 0. The Labute approximate surface area is 76.9 Å². The third-order valence-electron chi connectivity index (χ3n) is 2.22. The molecule has 13 heavy (non-hydrogen) atoms. The van der Waals surface area contributed by atoms with Gasteiger partial charge in [-0.2, -0.15) is 0 Å². The first-order valence-corrected chi connectivity index (χ1v) is 4.45. The summed E-state index contributed by atoms with van der Waals surface area (Å²) in [6, 6.07) is 0. The van der Waals surface area contributed by atoms with E-state index in [-0.39, 0.29) is 5.78 Å². The van der Waals surface area contributed by atoms with Gasteiger partial charge < -0.3 is 9.64 Å². The number of hydrogen-bond acceptors (Lipinski definition) is 4. The predicted molar refractivity (Wildman–Crippen MR) is 48.6 cm³/mol. The maximum Gasteiger partial charge on any atom is 0.185 e. The Morgan fingerprint density at radius 3 is 2.85 bits per heavy atom. The second kappa shape index (κ2) is 3.70. The second-order valence-corrected chi connectivity index (χ2v) is 3.07. The lowest BCUT2D eigenvalue weighted by Crippen LogP contribution is -2.38. The van der Waals surface area contributed by atoms with Crippen molar-refractivity contribution in [2.45, 2.75) is 6.42 Å². The largest absolute Gasteiger partial charge is 0.378 e. The van der Waals surface area contributed by atoms with Crippen molar-refractivity contribution in [3.63, 3.8) is 0 Å². The number of Topliss-reactive ketones (excluding diaryl/α,β-unsaturated/α-hetero) is 1. The number of ether oxygens (including phenoxy) is 1. The molecule has 0 N–H and O–H groups in total. The van der Waals surface area contributed by atoms with E-state index in [2.05, 4.69) is 4.99 Å². The molecule has 0 aromatic heterocycles. The second-order valence-electron chi connectivity index (χ2n) is 3.07. The first-order chi connectivity index (χ1) is 6.38. The Balaban J connectivity index is 2.09. The summed E-state index contributed by atoms with van der Waals surface area (Å²) in [5.41, 5.74) is 0.741. The molecule has 2 rings (SSSR count). The number of carbonyl (C=O) groups excluding carboxylic acids is 1. The van der Waals surface area contributed by atoms with E-state index in [9.17, 15) is 4.79 Å². The highest BCUT2D eigenvalue weighted by Gasteiger charge is 2.20. The number of morpholine rings is 1. The third kappa shape index (κ3) is 1.78. The molecule has 0 bridgehead atoms. The smallest absolute Gasteiger partial charge is 0.185 e. The van der Waals surface area contributed by atoms with E-state index in [1.807, 2.05) is 4.90 Å². The van der Waals surface area contributed by atoms with Gasteiger partial charge in [-0.05, 0) is 0 Å². The van der Waals surface area contributed by atoms with E-state index >= 15 is 0 Å². The van der Waals surface area contributed by atoms with E-state index in [1.165, 1.54) is 0 Å². The highest BCUT2D eigenvalue weighted by molar-refractivity contribution is 6.04. The van der Waals surface area contributed by atoms with Crippen LogP contribution >= 0.6 is 0 Å². The lowest BCUT2D eigenvalue weighted by atomic mass is 10.2.